The normalized spacial score (nSPS) is 20.0. The Morgan fingerprint density at radius 3 is 2.55 bits per heavy atom. The van der Waals surface area contributed by atoms with Crippen molar-refractivity contribution in [1.29, 1.82) is 0 Å². The summed E-state index contributed by atoms with van der Waals surface area (Å²) in [7, 11) is -2.00. The van der Waals surface area contributed by atoms with Gasteiger partial charge in [-0.05, 0) is 23.6 Å². The number of carboxylic acid groups (broad SMARTS) is 2. The van der Waals surface area contributed by atoms with Crippen molar-refractivity contribution in [3.8, 4) is 10.6 Å². The lowest BCUT2D eigenvalue weighted by Crippen LogP contribution is -2.27. The Morgan fingerprint density at radius 2 is 1.90 bits per heavy atom. The Kier molecular flexibility index (Phi) is 7.11. The molecule has 9 nitrogen and oxygen atoms in total. The first-order chi connectivity index (χ1) is 14.7. The van der Waals surface area contributed by atoms with Crippen LogP contribution < -0.4 is 4.72 Å². The second kappa shape index (κ2) is 9.60. The van der Waals surface area contributed by atoms with E-state index in [4.69, 9.17) is 24.3 Å². The van der Waals surface area contributed by atoms with E-state index in [9.17, 15) is 8.42 Å². The highest BCUT2D eigenvalue weighted by atomic mass is 32.2. The lowest BCUT2D eigenvalue weighted by Gasteiger charge is -2.04. The number of hydrogen-bond donors (Lipinski definition) is 3. The van der Waals surface area contributed by atoms with Crippen molar-refractivity contribution in [3.63, 3.8) is 0 Å². The molecule has 0 amide bonds. The summed E-state index contributed by atoms with van der Waals surface area (Å²) in [5, 5.41) is 17.9. The summed E-state index contributed by atoms with van der Waals surface area (Å²) in [6.07, 6.45) is -1.83. The van der Waals surface area contributed by atoms with Crippen molar-refractivity contribution >= 4 is 27.5 Å². The number of carbonyl (C=O) groups is 1. The molecular weight excluding hydrogens is 444 g/mol. The van der Waals surface area contributed by atoms with Gasteiger partial charge in [-0.25, -0.2) is 17.9 Å². The van der Waals surface area contributed by atoms with Crippen LogP contribution in [-0.4, -0.2) is 43.1 Å². The van der Waals surface area contributed by atoms with Crippen molar-refractivity contribution in [1.82, 2.24) is 9.88 Å². The molecule has 166 valence electrons. The Balaban J connectivity index is 0.000000628. The molecule has 0 saturated heterocycles. The predicted octanol–water partition coefficient (Wildman–Crippen LogP) is 3.85. The second-order valence-electron chi connectivity index (χ2n) is 6.96. The van der Waals surface area contributed by atoms with E-state index in [1.165, 1.54) is 11.3 Å². The number of ether oxygens (including phenoxy) is 1. The van der Waals surface area contributed by atoms with Gasteiger partial charge in [0.1, 0.15) is 16.5 Å². The maximum absolute atomic E-state index is 12.8. The number of sulfonamides is 1. The van der Waals surface area contributed by atoms with Crippen LogP contribution in [0.4, 0.5) is 4.79 Å². The number of rotatable bonds is 7. The van der Waals surface area contributed by atoms with Gasteiger partial charge in [-0.2, -0.15) is 0 Å². The molecule has 11 heteroatoms. The van der Waals surface area contributed by atoms with Gasteiger partial charge in [0.05, 0.1) is 4.88 Å². The third kappa shape index (κ3) is 5.70. The molecule has 3 aromatic rings. The average Bonchev–Trinajstić information content (AvgIpc) is 3.13. The Hall–Kier alpha value is -2.73. The maximum Gasteiger partial charge on any atom is 0.503 e. The van der Waals surface area contributed by atoms with Gasteiger partial charge >= 0.3 is 6.16 Å². The molecule has 0 aliphatic heterocycles. The summed E-state index contributed by atoms with van der Waals surface area (Å²) in [5.74, 6) is 1.09. The van der Waals surface area contributed by atoms with Crippen molar-refractivity contribution in [2.45, 2.75) is 29.7 Å². The smallest absolute Gasteiger partial charge is 0.450 e. The summed E-state index contributed by atoms with van der Waals surface area (Å²) in [6, 6.07) is 15.0. The fourth-order valence-corrected chi connectivity index (χ4v) is 5.93. The quantitative estimate of drug-likeness (QED) is 0.477. The van der Waals surface area contributed by atoms with Crippen LogP contribution in [0, 0.1) is 5.92 Å². The van der Waals surface area contributed by atoms with E-state index in [-0.39, 0.29) is 22.1 Å². The molecule has 1 aromatic carbocycles. The fraction of sp³-hybridized carbons (Fsp3) is 0.300. The standard InChI is InChI=1S/C19H20N2O4S2.CH2O3/c1-12-18(13-6-4-3-5-7-13)19(12)21-27(22,23)17-9-8-16(26-17)15-10-14(11-24-2)25-20-15;2-1(3)4/h3-10,12,18-19,21H,11H2,1-2H3;(H2,2,3,4)/t12-,18-,19+;/m1./s1. The third-order valence-electron chi connectivity index (χ3n) is 4.80. The molecule has 0 radical (unpaired) electrons. The Labute approximate surface area is 183 Å². The number of aromatic nitrogens is 1. The van der Waals surface area contributed by atoms with Gasteiger partial charge in [0.25, 0.3) is 0 Å². The van der Waals surface area contributed by atoms with Crippen molar-refractivity contribution in [2.75, 3.05) is 7.11 Å². The van der Waals surface area contributed by atoms with Crippen molar-refractivity contribution < 1.29 is 32.7 Å². The van der Waals surface area contributed by atoms with E-state index in [1.54, 1.807) is 25.3 Å². The average molecular weight is 467 g/mol. The fourth-order valence-electron chi connectivity index (χ4n) is 3.31. The van der Waals surface area contributed by atoms with E-state index in [1.807, 2.05) is 30.3 Å². The molecule has 3 N–H and O–H groups in total. The van der Waals surface area contributed by atoms with Crippen LogP contribution in [0.25, 0.3) is 10.6 Å². The first-order valence-corrected chi connectivity index (χ1v) is 11.6. The molecule has 1 fully saturated rings. The molecule has 31 heavy (non-hydrogen) atoms. The Bertz CT molecular complexity index is 1120. The number of nitrogens with zero attached hydrogens (tertiary/aromatic N) is 1. The van der Waals surface area contributed by atoms with Gasteiger partial charge in [-0.15, -0.1) is 11.3 Å². The number of methoxy groups -OCH3 is 1. The van der Waals surface area contributed by atoms with Crippen molar-refractivity contribution in [2.24, 2.45) is 5.92 Å². The van der Waals surface area contributed by atoms with E-state index < -0.39 is 16.2 Å². The molecule has 2 heterocycles. The lowest BCUT2D eigenvalue weighted by molar-refractivity contribution is 0.137. The van der Waals surface area contributed by atoms with E-state index in [2.05, 4.69) is 16.8 Å². The molecule has 3 atom stereocenters. The summed E-state index contributed by atoms with van der Waals surface area (Å²) in [4.78, 5) is 9.30. The second-order valence-corrected chi connectivity index (χ2v) is 9.98. The number of hydrogen-bond acceptors (Lipinski definition) is 7. The van der Waals surface area contributed by atoms with E-state index in [0.29, 0.717) is 18.1 Å². The lowest BCUT2D eigenvalue weighted by atomic mass is 10.1. The van der Waals surface area contributed by atoms with Gasteiger partial charge in [0.15, 0.2) is 5.76 Å². The van der Waals surface area contributed by atoms with Crippen LogP contribution in [0.15, 0.2) is 57.3 Å². The SMILES string of the molecule is COCc1cc(-c2ccc(S(=O)(=O)N[C@H]3[C@H](C)[C@@H]3c3ccccc3)s2)no1.O=C(O)O. The zero-order valence-corrected chi connectivity index (χ0v) is 18.4. The van der Waals surface area contributed by atoms with Crippen LogP contribution in [0.5, 0.6) is 0 Å². The molecule has 0 spiro atoms. The minimum absolute atomic E-state index is 0.0803. The zero-order chi connectivity index (χ0) is 22.6. The van der Waals surface area contributed by atoms with Crippen molar-refractivity contribution in [3.05, 3.63) is 59.9 Å². The van der Waals surface area contributed by atoms with Gasteiger partial charge in [0.2, 0.25) is 10.0 Å². The minimum atomic E-state index is -3.58. The summed E-state index contributed by atoms with van der Waals surface area (Å²) >= 11 is 1.18. The molecule has 0 unspecified atom stereocenters. The van der Waals surface area contributed by atoms with Crippen LogP contribution >= 0.6 is 11.3 Å². The summed E-state index contributed by atoms with van der Waals surface area (Å²) < 4.78 is 38.9. The van der Waals surface area contributed by atoms with Crippen LogP contribution in [-0.2, 0) is 21.4 Å². The van der Waals surface area contributed by atoms with Gasteiger partial charge in [-0.1, -0.05) is 42.4 Å². The largest absolute Gasteiger partial charge is 0.503 e. The molecular formula is C20H22N2O7S2. The van der Waals surface area contributed by atoms with Gasteiger partial charge < -0.3 is 19.5 Å². The molecule has 1 aliphatic rings. The molecule has 1 saturated carbocycles. The summed E-state index contributed by atoms with van der Waals surface area (Å²) in [5.41, 5.74) is 1.77. The number of benzene rings is 1. The maximum atomic E-state index is 12.8. The first-order valence-electron chi connectivity index (χ1n) is 9.27. The highest BCUT2D eigenvalue weighted by Gasteiger charge is 2.49. The summed E-state index contributed by atoms with van der Waals surface area (Å²) in [6.45, 7) is 2.39. The predicted molar refractivity (Wildman–Crippen MR) is 114 cm³/mol. The Morgan fingerprint density at radius 1 is 1.23 bits per heavy atom. The molecule has 1 aliphatic carbocycles. The molecule has 0 bridgehead atoms. The highest BCUT2D eigenvalue weighted by molar-refractivity contribution is 7.91. The van der Waals surface area contributed by atoms with Crippen LogP contribution in [0.1, 0.15) is 24.2 Å². The van der Waals surface area contributed by atoms with Gasteiger partial charge in [0, 0.05) is 25.1 Å². The number of thiophene rings is 1. The molecule has 4 rings (SSSR count). The van der Waals surface area contributed by atoms with E-state index >= 15 is 0 Å². The third-order valence-corrected chi connectivity index (χ3v) is 7.86. The zero-order valence-electron chi connectivity index (χ0n) is 16.8. The van der Waals surface area contributed by atoms with Gasteiger partial charge in [-0.3, -0.25) is 0 Å². The highest BCUT2D eigenvalue weighted by Crippen LogP contribution is 2.48. The number of nitrogens with one attached hydrogen (secondary N) is 1. The first kappa shape index (κ1) is 22.9. The van der Waals surface area contributed by atoms with Crippen LogP contribution in [0.3, 0.4) is 0 Å². The monoisotopic (exact) mass is 466 g/mol. The molecule has 2 aromatic heterocycles. The van der Waals surface area contributed by atoms with Crippen LogP contribution in [0.2, 0.25) is 0 Å². The topological polar surface area (TPSA) is 139 Å². The minimum Gasteiger partial charge on any atom is -0.450 e. The van der Waals surface area contributed by atoms with E-state index in [0.717, 1.165) is 10.4 Å².